The number of benzene rings is 1. The molecule has 1 aromatic rings. The lowest BCUT2D eigenvalue weighted by molar-refractivity contribution is -0.124. The molecule has 1 atom stereocenters. The summed E-state index contributed by atoms with van der Waals surface area (Å²) < 4.78 is 29.9. The number of ether oxygens (including phenoxy) is 1. The smallest absolute Gasteiger partial charge is 0.253 e. The number of rotatable bonds is 4. The van der Waals surface area contributed by atoms with Crippen molar-refractivity contribution in [1.82, 2.24) is 0 Å². The standard InChI is InChI=1S/C12H16N2O4S/c1-19(16,17)14-10-5-2-4-9(8-10)13-12(15)11-6-3-7-18-11/h2,4-5,8,11,14H,3,6-7H2,1H3,(H,13,15). The van der Waals surface area contributed by atoms with Crippen LogP contribution >= 0.6 is 0 Å². The van der Waals surface area contributed by atoms with Crippen LogP contribution in [0, 0.1) is 0 Å². The normalized spacial score (nSPS) is 19.1. The highest BCUT2D eigenvalue weighted by molar-refractivity contribution is 7.92. The molecule has 1 aromatic carbocycles. The number of nitrogens with one attached hydrogen (secondary N) is 2. The first kappa shape index (κ1) is 13.8. The first-order valence-electron chi connectivity index (χ1n) is 5.94. The van der Waals surface area contributed by atoms with Gasteiger partial charge in [-0.25, -0.2) is 8.42 Å². The molecule has 0 spiro atoms. The molecule has 1 fully saturated rings. The summed E-state index contributed by atoms with van der Waals surface area (Å²) in [6, 6.07) is 6.54. The summed E-state index contributed by atoms with van der Waals surface area (Å²) in [5.74, 6) is -0.200. The topological polar surface area (TPSA) is 84.5 Å². The molecule has 1 amide bonds. The predicted octanol–water partition coefficient (Wildman–Crippen LogP) is 1.18. The summed E-state index contributed by atoms with van der Waals surface area (Å²) in [4.78, 5) is 11.8. The largest absolute Gasteiger partial charge is 0.368 e. The molecule has 0 aromatic heterocycles. The fourth-order valence-corrected chi connectivity index (χ4v) is 2.44. The zero-order valence-electron chi connectivity index (χ0n) is 10.5. The van der Waals surface area contributed by atoms with Gasteiger partial charge in [0.15, 0.2) is 0 Å². The molecule has 0 radical (unpaired) electrons. The van der Waals surface area contributed by atoms with Gasteiger partial charge in [-0.3, -0.25) is 9.52 Å². The van der Waals surface area contributed by atoms with Gasteiger partial charge >= 0.3 is 0 Å². The number of amides is 1. The molecule has 1 aliphatic heterocycles. The molecule has 2 rings (SSSR count). The molecule has 6 nitrogen and oxygen atoms in total. The third kappa shape index (κ3) is 4.22. The summed E-state index contributed by atoms with van der Waals surface area (Å²) in [5.41, 5.74) is 0.946. The van der Waals surface area contributed by atoms with Crippen LogP contribution in [0.25, 0.3) is 0 Å². The van der Waals surface area contributed by atoms with Crippen molar-refractivity contribution in [3.63, 3.8) is 0 Å². The van der Waals surface area contributed by atoms with E-state index in [0.29, 0.717) is 24.4 Å². The van der Waals surface area contributed by atoms with E-state index >= 15 is 0 Å². The quantitative estimate of drug-likeness (QED) is 0.869. The van der Waals surface area contributed by atoms with Gasteiger partial charge in [-0.1, -0.05) is 6.07 Å². The molecule has 1 unspecified atom stereocenters. The van der Waals surface area contributed by atoms with Crippen LogP contribution in [0.2, 0.25) is 0 Å². The van der Waals surface area contributed by atoms with Gasteiger partial charge in [-0.15, -0.1) is 0 Å². The molecule has 7 heteroatoms. The minimum atomic E-state index is -3.33. The molecule has 1 saturated heterocycles. The fraction of sp³-hybridized carbons (Fsp3) is 0.417. The van der Waals surface area contributed by atoms with E-state index in [1.807, 2.05) is 0 Å². The van der Waals surface area contributed by atoms with Crippen molar-refractivity contribution in [3.8, 4) is 0 Å². The Morgan fingerprint density at radius 2 is 2.11 bits per heavy atom. The number of anilines is 2. The van der Waals surface area contributed by atoms with Gasteiger partial charge < -0.3 is 10.1 Å². The SMILES string of the molecule is CS(=O)(=O)Nc1cccc(NC(=O)C2CCCO2)c1. The van der Waals surface area contributed by atoms with E-state index in [1.54, 1.807) is 24.3 Å². The Hall–Kier alpha value is -1.60. The van der Waals surface area contributed by atoms with Gasteiger partial charge in [0.1, 0.15) is 6.10 Å². The molecule has 104 valence electrons. The van der Waals surface area contributed by atoms with Crippen molar-refractivity contribution in [1.29, 1.82) is 0 Å². The van der Waals surface area contributed by atoms with Crippen LogP contribution < -0.4 is 10.0 Å². The van der Waals surface area contributed by atoms with Crippen LogP contribution in [0.5, 0.6) is 0 Å². The van der Waals surface area contributed by atoms with Crippen molar-refractivity contribution in [2.45, 2.75) is 18.9 Å². The van der Waals surface area contributed by atoms with Crippen LogP contribution in [-0.4, -0.2) is 33.3 Å². The summed E-state index contributed by atoms with van der Waals surface area (Å²) in [7, 11) is -3.33. The second kappa shape index (κ2) is 5.58. The lowest BCUT2D eigenvalue weighted by Gasteiger charge is -2.11. The van der Waals surface area contributed by atoms with Crippen molar-refractivity contribution < 1.29 is 17.9 Å². The highest BCUT2D eigenvalue weighted by Crippen LogP contribution is 2.18. The lowest BCUT2D eigenvalue weighted by atomic mass is 10.2. The summed E-state index contributed by atoms with van der Waals surface area (Å²) in [5, 5.41) is 2.71. The average Bonchev–Trinajstić information content (AvgIpc) is 2.80. The maximum atomic E-state index is 11.8. The van der Waals surface area contributed by atoms with Crippen LogP contribution in [0.4, 0.5) is 11.4 Å². The molecular weight excluding hydrogens is 268 g/mol. The number of hydrogen-bond donors (Lipinski definition) is 2. The predicted molar refractivity (Wildman–Crippen MR) is 72.5 cm³/mol. The molecule has 0 aliphatic carbocycles. The number of carbonyl (C=O) groups excluding carboxylic acids is 1. The van der Waals surface area contributed by atoms with Crippen LogP contribution in [0.1, 0.15) is 12.8 Å². The van der Waals surface area contributed by atoms with Gasteiger partial charge in [-0.2, -0.15) is 0 Å². The molecule has 19 heavy (non-hydrogen) atoms. The Kier molecular flexibility index (Phi) is 4.06. The number of sulfonamides is 1. The van der Waals surface area contributed by atoms with E-state index in [-0.39, 0.29) is 5.91 Å². The summed E-state index contributed by atoms with van der Waals surface area (Å²) in [6.45, 7) is 0.605. The molecule has 0 saturated carbocycles. The highest BCUT2D eigenvalue weighted by Gasteiger charge is 2.23. The monoisotopic (exact) mass is 284 g/mol. The zero-order valence-corrected chi connectivity index (χ0v) is 11.4. The van der Waals surface area contributed by atoms with Crippen LogP contribution in [0.15, 0.2) is 24.3 Å². The van der Waals surface area contributed by atoms with Crippen LogP contribution in [0.3, 0.4) is 0 Å². The van der Waals surface area contributed by atoms with Gasteiger partial charge in [-0.05, 0) is 31.0 Å². The summed E-state index contributed by atoms with van der Waals surface area (Å²) in [6.07, 6.45) is 2.26. The maximum absolute atomic E-state index is 11.8. The minimum Gasteiger partial charge on any atom is -0.368 e. The second-order valence-electron chi connectivity index (χ2n) is 4.45. The van der Waals surface area contributed by atoms with E-state index < -0.39 is 16.1 Å². The third-order valence-electron chi connectivity index (χ3n) is 2.66. The van der Waals surface area contributed by atoms with Crippen molar-refractivity contribution in [2.24, 2.45) is 0 Å². The van der Waals surface area contributed by atoms with Gasteiger partial charge in [0.05, 0.1) is 11.9 Å². The van der Waals surface area contributed by atoms with Gasteiger partial charge in [0.25, 0.3) is 5.91 Å². The van der Waals surface area contributed by atoms with Crippen molar-refractivity contribution in [3.05, 3.63) is 24.3 Å². The summed E-state index contributed by atoms with van der Waals surface area (Å²) >= 11 is 0. The number of carbonyl (C=O) groups is 1. The van der Waals surface area contributed by atoms with Crippen molar-refractivity contribution in [2.75, 3.05) is 22.9 Å². The average molecular weight is 284 g/mol. The van der Waals surface area contributed by atoms with Gasteiger partial charge in [0, 0.05) is 12.3 Å². The first-order chi connectivity index (χ1) is 8.94. The van der Waals surface area contributed by atoms with E-state index in [9.17, 15) is 13.2 Å². The lowest BCUT2D eigenvalue weighted by Crippen LogP contribution is -2.26. The second-order valence-corrected chi connectivity index (χ2v) is 6.19. The fourth-order valence-electron chi connectivity index (χ4n) is 1.88. The highest BCUT2D eigenvalue weighted by atomic mass is 32.2. The zero-order chi connectivity index (χ0) is 13.9. The van der Waals surface area contributed by atoms with Crippen LogP contribution in [-0.2, 0) is 19.6 Å². The van der Waals surface area contributed by atoms with Gasteiger partial charge in [0.2, 0.25) is 10.0 Å². The Balaban J connectivity index is 2.04. The molecule has 2 N–H and O–H groups in total. The Labute approximate surface area is 112 Å². The third-order valence-corrected chi connectivity index (χ3v) is 3.26. The molecular formula is C12H16N2O4S. The molecule has 0 bridgehead atoms. The first-order valence-corrected chi connectivity index (χ1v) is 7.83. The van der Waals surface area contributed by atoms with Crippen molar-refractivity contribution >= 4 is 27.3 Å². The molecule has 1 aliphatic rings. The Morgan fingerprint density at radius 3 is 2.74 bits per heavy atom. The number of hydrogen-bond acceptors (Lipinski definition) is 4. The molecule has 1 heterocycles. The van der Waals surface area contributed by atoms with E-state index in [1.165, 1.54) is 0 Å². The van der Waals surface area contributed by atoms with E-state index in [0.717, 1.165) is 12.7 Å². The van der Waals surface area contributed by atoms with E-state index in [4.69, 9.17) is 4.74 Å². The van der Waals surface area contributed by atoms with E-state index in [2.05, 4.69) is 10.0 Å². The minimum absolute atomic E-state index is 0.200. The maximum Gasteiger partial charge on any atom is 0.253 e. The Morgan fingerprint density at radius 1 is 1.37 bits per heavy atom. The Bertz CT molecular complexity index is 565.